The van der Waals surface area contributed by atoms with Crippen molar-refractivity contribution >= 4 is 5.91 Å². The summed E-state index contributed by atoms with van der Waals surface area (Å²) in [4.78, 5) is 10.5. The van der Waals surface area contributed by atoms with Crippen LogP contribution in [0.4, 0.5) is 0 Å². The van der Waals surface area contributed by atoms with Gasteiger partial charge in [0.1, 0.15) is 0 Å². The first kappa shape index (κ1) is 16.2. The SMILES string of the molecule is C#C.C#C.CC(=O)NCCc1ccccc1. The Morgan fingerprint density at radius 2 is 1.62 bits per heavy atom. The van der Waals surface area contributed by atoms with Crippen molar-refractivity contribution in [2.75, 3.05) is 6.54 Å². The Balaban J connectivity index is 0. The number of amides is 1. The molecule has 1 amide bonds. The molecule has 0 aliphatic rings. The Labute approximate surface area is 98.1 Å². The van der Waals surface area contributed by atoms with Gasteiger partial charge in [-0.2, -0.15) is 0 Å². The quantitative estimate of drug-likeness (QED) is 0.766. The summed E-state index contributed by atoms with van der Waals surface area (Å²) in [7, 11) is 0. The molecule has 0 aliphatic heterocycles. The van der Waals surface area contributed by atoms with Gasteiger partial charge in [0.2, 0.25) is 5.91 Å². The summed E-state index contributed by atoms with van der Waals surface area (Å²) in [5.74, 6) is 0.0333. The first-order chi connectivity index (χ1) is 7.79. The average Bonchev–Trinajstić information content (AvgIpc) is 2.35. The largest absolute Gasteiger partial charge is 0.356 e. The van der Waals surface area contributed by atoms with E-state index in [1.54, 1.807) is 0 Å². The minimum Gasteiger partial charge on any atom is -0.356 e. The predicted octanol–water partition coefficient (Wildman–Crippen LogP) is 1.86. The van der Waals surface area contributed by atoms with Crippen molar-refractivity contribution in [3.63, 3.8) is 0 Å². The maximum absolute atomic E-state index is 10.5. The Kier molecular flexibility index (Phi) is 13.0. The second-order valence-corrected chi connectivity index (χ2v) is 2.72. The molecule has 0 aromatic heterocycles. The summed E-state index contributed by atoms with van der Waals surface area (Å²) >= 11 is 0. The third-order valence-corrected chi connectivity index (χ3v) is 1.63. The Morgan fingerprint density at radius 3 is 2.06 bits per heavy atom. The molecule has 2 heteroatoms. The van der Waals surface area contributed by atoms with Crippen molar-refractivity contribution in [3.05, 3.63) is 35.9 Å². The van der Waals surface area contributed by atoms with E-state index in [0.29, 0.717) is 0 Å². The van der Waals surface area contributed by atoms with Crippen molar-refractivity contribution in [1.82, 2.24) is 5.32 Å². The summed E-state index contributed by atoms with van der Waals surface area (Å²) in [5, 5.41) is 2.76. The van der Waals surface area contributed by atoms with Gasteiger partial charge < -0.3 is 5.32 Å². The molecular weight excluding hydrogens is 198 g/mol. The number of carbonyl (C=O) groups is 1. The maximum atomic E-state index is 10.5. The number of benzene rings is 1. The van der Waals surface area contributed by atoms with E-state index in [1.165, 1.54) is 12.5 Å². The van der Waals surface area contributed by atoms with Crippen molar-refractivity contribution in [2.24, 2.45) is 0 Å². The Hall–Kier alpha value is -2.19. The molecule has 0 heterocycles. The first-order valence-corrected chi connectivity index (χ1v) is 4.74. The molecule has 1 aromatic rings. The molecule has 84 valence electrons. The van der Waals surface area contributed by atoms with Crippen molar-refractivity contribution in [2.45, 2.75) is 13.3 Å². The highest BCUT2D eigenvalue weighted by Crippen LogP contribution is 1.97. The van der Waals surface area contributed by atoms with Gasteiger partial charge in [0.15, 0.2) is 0 Å². The molecule has 0 radical (unpaired) electrons. The number of nitrogens with one attached hydrogen (secondary N) is 1. The zero-order valence-corrected chi connectivity index (χ0v) is 9.52. The minimum atomic E-state index is 0.0333. The molecule has 0 unspecified atom stereocenters. The highest BCUT2D eigenvalue weighted by atomic mass is 16.1. The lowest BCUT2D eigenvalue weighted by Crippen LogP contribution is -2.22. The van der Waals surface area contributed by atoms with Gasteiger partial charge in [-0.25, -0.2) is 0 Å². The van der Waals surface area contributed by atoms with Crippen LogP contribution in [-0.4, -0.2) is 12.5 Å². The van der Waals surface area contributed by atoms with Crippen LogP contribution in [-0.2, 0) is 11.2 Å². The molecule has 2 nitrogen and oxygen atoms in total. The summed E-state index contributed by atoms with van der Waals surface area (Å²) < 4.78 is 0. The number of terminal acetylenes is 2. The predicted molar refractivity (Wildman–Crippen MR) is 68.6 cm³/mol. The Bertz CT molecular complexity index is 305. The molecule has 1 N–H and O–H groups in total. The molecular formula is C14H17NO. The van der Waals surface area contributed by atoms with E-state index in [4.69, 9.17) is 0 Å². The van der Waals surface area contributed by atoms with E-state index < -0.39 is 0 Å². The highest BCUT2D eigenvalue weighted by Gasteiger charge is 1.92. The molecule has 0 spiro atoms. The standard InChI is InChI=1S/C10H13NO.2C2H2/c1-9(12)11-8-7-10-5-3-2-4-6-10;2*1-2/h2-6H,7-8H2,1H3,(H,11,12);2*1-2H. The molecule has 0 saturated carbocycles. The number of hydrogen-bond acceptors (Lipinski definition) is 1. The molecule has 1 aromatic carbocycles. The third-order valence-electron chi connectivity index (χ3n) is 1.63. The van der Waals surface area contributed by atoms with Crippen LogP contribution in [0, 0.1) is 25.7 Å². The van der Waals surface area contributed by atoms with Gasteiger partial charge in [-0.15, -0.1) is 25.7 Å². The van der Waals surface area contributed by atoms with E-state index >= 15 is 0 Å². The molecule has 0 saturated heterocycles. The minimum absolute atomic E-state index is 0.0333. The van der Waals surface area contributed by atoms with Crippen LogP contribution in [0.15, 0.2) is 30.3 Å². The fourth-order valence-corrected chi connectivity index (χ4v) is 1.03. The monoisotopic (exact) mass is 215 g/mol. The van der Waals surface area contributed by atoms with Crippen molar-refractivity contribution in [1.29, 1.82) is 0 Å². The van der Waals surface area contributed by atoms with E-state index in [-0.39, 0.29) is 5.91 Å². The lowest BCUT2D eigenvalue weighted by atomic mass is 10.1. The first-order valence-electron chi connectivity index (χ1n) is 4.74. The van der Waals surface area contributed by atoms with Crippen LogP contribution >= 0.6 is 0 Å². The van der Waals surface area contributed by atoms with Gasteiger partial charge in [0.25, 0.3) is 0 Å². The van der Waals surface area contributed by atoms with Gasteiger partial charge in [0.05, 0.1) is 0 Å². The van der Waals surface area contributed by atoms with Gasteiger partial charge in [-0.1, -0.05) is 30.3 Å². The van der Waals surface area contributed by atoms with Gasteiger partial charge >= 0.3 is 0 Å². The van der Waals surface area contributed by atoms with Gasteiger partial charge in [-0.3, -0.25) is 4.79 Å². The second kappa shape index (κ2) is 12.8. The molecule has 16 heavy (non-hydrogen) atoms. The maximum Gasteiger partial charge on any atom is 0.216 e. The van der Waals surface area contributed by atoms with Crippen LogP contribution in [0.1, 0.15) is 12.5 Å². The molecule has 0 bridgehead atoms. The molecule has 0 fully saturated rings. The average molecular weight is 215 g/mol. The fraction of sp³-hybridized carbons (Fsp3) is 0.214. The highest BCUT2D eigenvalue weighted by molar-refractivity contribution is 5.72. The van der Waals surface area contributed by atoms with E-state index in [0.717, 1.165) is 13.0 Å². The van der Waals surface area contributed by atoms with Crippen molar-refractivity contribution < 1.29 is 4.79 Å². The van der Waals surface area contributed by atoms with E-state index in [2.05, 4.69) is 43.1 Å². The zero-order chi connectivity index (χ0) is 12.8. The second-order valence-electron chi connectivity index (χ2n) is 2.72. The van der Waals surface area contributed by atoms with Crippen LogP contribution in [0.3, 0.4) is 0 Å². The number of carbonyl (C=O) groups excluding carboxylic acids is 1. The molecule has 0 aliphatic carbocycles. The van der Waals surface area contributed by atoms with Gasteiger partial charge in [-0.05, 0) is 12.0 Å². The van der Waals surface area contributed by atoms with Gasteiger partial charge in [0, 0.05) is 13.5 Å². The number of rotatable bonds is 3. The molecule has 0 atom stereocenters. The lowest BCUT2D eigenvalue weighted by Gasteiger charge is -2.01. The van der Waals surface area contributed by atoms with Crippen LogP contribution < -0.4 is 5.32 Å². The smallest absolute Gasteiger partial charge is 0.216 e. The summed E-state index contributed by atoms with van der Waals surface area (Å²) in [6.07, 6.45) is 16.9. The third kappa shape index (κ3) is 9.89. The van der Waals surface area contributed by atoms with Crippen molar-refractivity contribution in [3.8, 4) is 25.7 Å². The van der Waals surface area contributed by atoms with E-state index in [1.807, 2.05) is 18.2 Å². The normalized spacial score (nSPS) is 7.31. The fourth-order valence-electron chi connectivity index (χ4n) is 1.03. The van der Waals surface area contributed by atoms with Crippen LogP contribution in [0.5, 0.6) is 0 Å². The van der Waals surface area contributed by atoms with Crippen LogP contribution in [0.2, 0.25) is 0 Å². The number of hydrogen-bond donors (Lipinski definition) is 1. The lowest BCUT2D eigenvalue weighted by molar-refractivity contribution is -0.118. The molecule has 1 rings (SSSR count). The summed E-state index contributed by atoms with van der Waals surface area (Å²) in [5.41, 5.74) is 1.26. The Morgan fingerprint density at radius 1 is 1.12 bits per heavy atom. The van der Waals surface area contributed by atoms with Crippen LogP contribution in [0.25, 0.3) is 0 Å². The summed E-state index contributed by atoms with van der Waals surface area (Å²) in [6, 6.07) is 10.1. The topological polar surface area (TPSA) is 29.1 Å². The zero-order valence-electron chi connectivity index (χ0n) is 9.52. The summed E-state index contributed by atoms with van der Waals surface area (Å²) in [6.45, 7) is 2.25. The van der Waals surface area contributed by atoms with E-state index in [9.17, 15) is 4.79 Å².